The smallest absolute Gasteiger partial charge is 0.264 e. The molecule has 2 unspecified atom stereocenters. The second-order valence-corrected chi connectivity index (χ2v) is 10.7. The quantitative estimate of drug-likeness (QED) is 0.730. The number of benzene rings is 1. The molecular formula is C26H31N3O3S. The Balaban J connectivity index is 1.26. The summed E-state index contributed by atoms with van der Waals surface area (Å²) in [7, 11) is 0. The predicted octanol–water partition coefficient (Wildman–Crippen LogP) is 3.71. The molecule has 0 bridgehead atoms. The second kappa shape index (κ2) is 9.39. The molecule has 2 N–H and O–H groups in total. The molecule has 0 spiro atoms. The molecule has 1 aromatic heterocycles. The van der Waals surface area contributed by atoms with Crippen molar-refractivity contribution in [3.8, 4) is 10.4 Å². The molecule has 0 radical (unpaired) electrons. The Morgan fingerprint density at radius 2 is 1.76 bits per heavy atom. The highest BCUT2D eigenvalue weighted by Crippen LogP contribution is 2.35. The number of carbonyl (C=O) groups is 3. The lowest BCUT2D eigenvalue weighted by Gasteiger charge is -2.29. The minimum Gasteiger partial charge on any atom is -0.329 e. The van der Waals surface area contributed by atoms with E-state index in [0.717, 1.165) is 23.3 Å². The van der Waals surface area contributed by atoms with Crippen molar-refractivity contribution in [1.82, 2.24) is 9.80 Å². The van der Waals surface area contributed by atoms with E-state index in [2.05, 4.69) is 0 Å². The van der Waals surface area contributed by atoms with Crippen LogP contribution in [0, 0.1) is 5.92 Å². The highest BCUT2D eigenvalue weighted by molar-refractivity contribution is 7.17. The highest BCUT2D eigenvalue weighted by atomic mass is 32.1. The van der Waals surface area contributed by atoms with Gasteiger partial charge in [0.05, 0.1) is 23.5 Å². The standard InChI is InChI=1S/C26H31N3O3S/c27-19(15-17-7-3-1-4-8-17)25(31)28-14-13-20-24(28)21(30)16-29(20)26(32)23-12-11-22(33-23)18-9-5-2-6-10-18/h2,5-6,9-12,17,19-20,24H,1,3-4,7-8,13-16,27H2/t19-,20?,24?/m0/s1. The normalized spacial score (nSPS) is 24.2. The summed E-state index contributed by atoms with van der Waals surface area (Å²) in [5, 5.41) is 0. The van der Waals surface area contributed by atoms with Gasteiger partial charge in [0.2, 0.25) is 5.91 Å². The first kappa shape index (κ1) is 22.3. The minimum absolute atomic E-state index is 0.0519. The van der Waals surface area contributed by atoms with Gasteiger partial charge in [-0.25, -0.2) is 0 Å². The molecule has 2 aliphatic heterocycles. The summed E-state index contributed by atoms with van der Waals surface area (Å²) in [6.07, 6.45) is 7.29. The number of likely N-dealkylation sites (tertiary alicyclic amines) is 2. The van der Waals surface area contributed by atoms with Gasteiger partial charge >= 0.3 is 0 Å². The number of carbonyl (C=O) groups excluding carboxylic acids is 3. The lowest BCUT2D eigenvalue weighted by Crippen LogP contribution is -2.50. The van der Waals surface area contributed by atoms with Crippen molar-refractivity contribution in [1.29, 1.82) is 0 Å². The largest absolute Gasteiger partial charge is 0.329 e. The van der Waals surface area contributed by atoms with Gasteiger partial charge in [0.15, 0.2) is 5.78 Å². The molecular weight excluding hydrogens is 434 g/mol. The number of thiophene rings is 1. The van der Waals surface area contributed by atoms with Crippen molar-refractivity contribution in [2.75, 3.05) is 13.1 Å². The number of hydrogen-bond acceptors (Lipinski definition) is 5. The topological polar surface area (TPSA) is 83.7 Å². The fraction of sp³-hybridized carbons (Fsp3) is 0.500. The number of hydrogen-bond donors (Lipinski definition) is 1. The zero-order chi connectivity index (χ0) is 22.9. The van der Waals surface area contributed by atoms with Crippen LogP contribution < -0.4 is 5.73 Å². The van der Waals surface area contributed by atoms with Gasteiger partial charge < -0.3 is 15.5 Å². The molecule has 3 fully saturated rings. The fourth-order valence-electron chi connectivity index (χ4n) is 5.79. The van der Waals surface area contributed by atoms with Crippen LogP contribution in [0.2, 0.25) is 0 Å². The van der Waals surface area contributed by atoms with E-state index in [4.69, 9.17) is 5.73 Å². The molecule has 1 aromatic carbocycles. The first-order chi connectivity index (χ1) is 16.0. The van der Waals surface area contributed by atoms with Crippen molar-refractivity contribution >= 4 is 28.9 Å². The monoisotopic (exact) mass is 465 g/mol. The Bertz CT molecular complexity index is 1030. The second-order valence-electron chi connectivity index (χ2n) is 9.61. The van der Waals surface area contributed by atoms with Crippen LogP contribution in [-0.4, -0.2) is 58.6 Å². The van der Waals surface area contributed by atoms with Gasteiger partial charge in [0.25, 0.3) is 5.91 Å². The molecule has 7 heteroatoms. The van der Waals surface area contributed by atoms with Crippen LogP contribution in [-0.2, 0) is 9.59 Å². The van der Waals surface area contributed by atoms with E-state index in [-0.39, 0.29) is 30.2 Å². The minimum atomic E-state index is -0.560. The molecule has 1 saturated carbocycles. The first-order valence-electron chi connectivity index (χ1n) is 12.1. The summed E-state index contributed by atoms with van der Waals surface area (Å²) in [5.41, 5.74) is 7.39. The van der Waals surface area contributed by atoms with Gasteiger partial charge in [-0.3, -0.25) is 14.4 Å². The van der Waals surface area contributed by atoms with Gasteiger partial charge in [-0.1, -0.05) is 62.4 Å². The van der Waals surface area contributed by atoms with E-state index in [1.807, 2.05) is 42.5 Å². The third-order valence-electron chi connectivity index (χ3n) is 7.47. The number of Topliss-reactive ketones (excluding diaryl/α,β-unsaturated/α-hetero) is 1. The number of fused-ring (bicyclic) bond motifs is 1. The Kier molecular flexibility index (Phi) is 6.34. The van der Waals surface area contributed by atoms with Crippen LogP contribution in [0.1, 0.15) is 54.6 Å². The van der Waals surface area contributed by atoms with Crippen molar-refractivity contribution in [2.24, 2.45) is 11.7 Å². The predicted molar refractivity (Wildman–Crippen MR) is 129 cm³/mol. The Morgan fingerprint density at radius 1 is 1.00 bits per heavy atom. The molecule has 5 rings (SSSR count). The van der Waals surface area contributed by atoms with E-state index < -0.39 is 12.1 Å². The molecule has 174 valence electrons. The molecule has 2 amide bonds. The lowest BCUT2D eigenvalue weighted by molar-refractivity contribution is -0.137. The first-order valence-corrected chi connectivity index (χ1v) is 12.9. The molecule has 6 nitrogen and oxygen atoms in total. The summed E-state index contributed by atoms with van der Waals surface area (Å²) in [6.45, 7) is 0.552. The van der Waals surface area contributed by atoms with Gasteiger partial charge in [0, 0.05) is 11.4 Å². The van der Waals surface area contributed by atoms with Crippen LogP contribution in [0.15, 0.2) is 42.5 Å². The third-order valence-corrected chi connectivity index (χ3v) is 8.59. The number of amides is 2. The van der Waals surface area contributed by atoms with Crippen molar-refractivity contribution in [2.45, 2.75) is 63.1 Å². The van der Waals surface area contributed by atoms with E-state index in [9.17, 15) is 14.4 Å². The molecule has 2 aromatic rings. The van der Waals surface area contributed by atoms with E-state index in [0.29, 0.717) is 30.2 Å². The van der Waals surface area contributed by atoms with Gasteiger partial charge in [-0.05, 0) is 36.5 Å². The summed E-state index contributed by atoms with van der Waals surface area (Å²) in [5.74, 6) is 0.206. The average molecular weight is 466 g/mol. The highest BCUT2D eigenvalue weighted by Gasteiger charge is 2.52. The summed E-state index contributed by atoms with van der Waals surface area (Å²) in [6, 6.07) is 12.4. The maximum absolute atomic E-state index is 13.3. The Hall–Kier alpha value is -2.51. The van der Waals surface area contributed by atoms with E-state index >= 15 is 0 Å². The summed E-state index contributed by atoms with van der Waals surface area (Å²) >= 11 is 1.44. The van der Waals surface area contributed by atoms with Crippen LogP contribution in [0.25, 0.3) is 10.4 Å². The van der Waals surface area contributed by atoms with Gasteiger partial charge in [0.1, 0.15) is 6.04 Å². The SMILES string of the molecule is N[C@@H](CC1CCCCC1)C(=O)N1CCC2C1C(=O)CN2C(=O)c1ccc(-c2ccccc2)s1. The molecule has 33 heavy (non-hydrogen) atoms. The fourth-order valence-corrected chi connectivity index (χ4v) is 6.75. The van der Waals surface area contributed by atoms with Crippen molar-refractivity contribution in [3.05, 3.63) is 47.3 Å². The number of rotatable bonds is 5. The zero-order valence-electron chi connectivity index (χ0n) is 18.8. The Morgan fingerprint density at radius 3 is 2.52 bits per heavy atom. The number of nitrogens with zero attached hydrogens (tertiary/aromatic N) is 2. The third kappa shape index (κ3) is 4.36. The maximum Gasteiger partial charge on any atom is 0.264 e. The Labute approximate surface area is 198 Å². The van der Waals surface area contributed by atoms with Gasteiger partial charge in [-0.15, -0.1) is 11.3 Å². The maximum atomic E-state index is 13.3. The molecule has 1 aliphatic carbocycles. The average Bonchev–Trinajstić information content (AvgIpc) is 3.57. The number of nitrogens with two attached hydrogens (primary N) is 1. The lowest BCUT2D eigenvalue weighted by atomic mass is 9.84. The molecule has 3 atom stereocenters. The van der Waals surface area contributed by atoms with Crippen LogP contribution in [0.4, 0.5) is 0 Å². The molecule has 3 aliphatic rings. The number of ketones is 1. The zero-order valence-corrected chi connectivity index (χ0v) is 19.6. The van der Waals surface area contributed by atoms with Crippen LogP contribution >= 0.6 is 11.3 Å². The van der Waals surface area contributed by atoms with Crippen molar-refractivity contribution < 1.29 is 14.4 Å². The van der Waals surface area contributed by atoms with Crippen LogP contribution in [0.3, 0.4) is 0 Å². The summed E-state index contributed by atoms with van der Waals surface area (Å²) in [4.78, 5) is 44.4. The van der Waals surface area contributed by atoms with Crippen LogP contribution in [0.5, 0.6) is 0 Å². The van der Waals surface area contributed by atoms with Crippen molar-refractivity contribution in [3.63, 3.8) is 0 Å². The molecule has 3 heterocycles. The summed E-state index contributed by atoms with van der Waals surface area (Å²) < 4.78 is 0. The molecule has 2 saturated heterocycles. The van der Waals surface area contributed by atoms with E-state index in [1.54, 1.807) is 9.80 Å². The van der Waals surface area contributed by atoms with Gasteiger partial charge in [-0.2, -0.15) is 0 Å². The van der Waals surface area contributed by atoms with E-state index in [1.165, 1.54) is 30.6 Å².